The zero-order valence-corrected chi connectivity index (χ0v) is 19.7. The Balaban J connectivity index is 1.80. The molecule has 1 saturated heterocycles. The van der Waals surface area contributed by atoms with E-state index < -0.39 is 17.4 Å². The molecular formula is C23H21Cl2FN6O2. The summed E-state index contributed by atoms with van der Waals surface area (Å²) in [5.41, 5.74) is 6.13. The van der Waals surface area contributed by atoms with E-state index in [2.05, 4.69) is 21.9 Å². The van der Waals surface area contributed by atoms with Crippen molar-refractivity contribution in [1.82, 2.24) is 19.8 Å². The van der Waals surface area contributed by atoms with Gasteiger partial charge in [0.05, 0.1) is 26.8 Å². The molecule has 1 aromatic heterocycles. The third kappa shape index (κ3) is 4.12. The van der Waals surface area contributed by atoms with Gasteiger partial charge >= 0.3 is 6.03 Å². The molecule has 0 spiro atoms. The minimum Gasteiger partial charge on any atom is -0.351 e. The molecule has 1 aliphatic rings. The molecule has 3 N–H and O–H groups in total. The number of aromatic nitrogens is 2. The molecule has 0 radical (unpaired) electrons. The monoisotopic (exact) mass is 502 g/mol. The van der Waals surface area contributed by atoms with Crippen molar-refractivity contribution >= 4 is 57.5 Å². The van der Waals surface area contributed by atoms with Gasteiger partial charge in [0.2, 0.25) is 5.91 Å². The Morgan fingerprint density at radius 2 is 2.00 bits per heavy atom. The molecule has 1 atom stereocenters. The fraction of sp³-hybridized carbons (Fsp3) is 0.217. The van der Waals surface area contributed by atoms with Crippen LogP contribution in [0.25, 0.3) is 10.9 Å². The molecule has 2 heterocycles. The summed E-state index contributed by atoms with van der Waals surface area (Å²) in [6.07, 6.45) is 2.59. The van der Waals surface area contributed by atoms with Crippen LogP contribution in [-0.2, 0) is 10.3 Å². The smallest absolute Gasteiger partial charge is 0.315 e. The van der Waals surface area contributed by atoms with Gasteiger partial charge in [-0.3, -0.25) is 4.79 Å². The molecule has 176 valence electrons. The zero-order valence-electron chi connectivity index (χ0n) is 18.2. The average molecular weight is 503 g/mol. The lowest BCUT2D eigenvalue weighted by atomic mass is 9.86. The maximum absolute atomic E-state index is 14.6. The topological polar surface area (TPSA) is 104 Å². The maximum Gasteiger partial charge on any atom is 0.315 e. The van der Waals surface area contributed by atoms with E-state index in [-0.39, 0.29) is 34.7 Å². The van der Waals surface area contributed by atoms with Crippen molar-refractivity contribution in [2.45, 2.75) is 12.5 Å². The molecule has 11 heteroatoms. The van der Waals surface area contributed by atoms with Crippen LogP contribution in [0.15, 0.2) is 49.3 Å². The van der Waals surface area contributed by atoms with Gasteiger partial charge in [-0.15, -0.1) is 0 Å². The standard InChI is InChI=1S/C23H21Cl2FN6O2/c1-3-18(33)31-8-9-32(22(27)34)23(2,11-31)13-4-6-16-14(10-13)21(29-12-28-16)30-17-7-5-15(24)19(25)20(17)26/h3-7,10,12H,1,8-9,11H2,2H3,(H2,27,34)(H,28,29,30)/t23-/m0/s1. The average Bonchev–Trinajstić information content (AvgIpc) is 2.83. The van der Waals surface area contributed by atoms with E-state index >= 15 is 0 Å². The molecular weight excluding hydrogens is 482 g/mol. The number of urea groups is 1. The largest absolute Gasteiger partial charge is 0.351 e. The highest BCUT2D eigenvalue weighted by Gasteiger charge is 2.42. The SMILES string of the molecule is C=CC(=O)N1CCN(C(N)=O)[C@](C)(c2ccc3ncnc(Nc4ccc(Cl)c(Cl)c4F)c3c2)C1. The first kappa shape index (κ1) is 23.7. The molecule has 0 aliphatic carbocycles. The van der Waals surface area contributed by atoms with Gasteiger partial charge in [-0.1, -0.05) is 35.8 Å². The van der Waals surface area contributed by atoms with Crippen LogP contribution in [0.3, 0.4) is 0 Å². The second-order valence-corrected chi connectivity index (χ2v) is 8.81. The normalized spacial score (nSPS) is 18.1. The Labute approximate surface area is 205 Å². The Morgan fingerprint density at radius 3 is 2.71 bits per heavy atom. The van der Waals surface area contributed by atoms with E-state index in [4.69, 9.17) is 28.9 Å². The number of anilines is 2. The van der Waals surface area contributed by atoms with E-state index in [1.54, 1.807) is 17.0 Å². The highest BCUT2D eigenvalue weighted by Crippen LogP contribution is 2.36. The van der Waals surface area contributed by atoms with Crippen molar-refractivity contribution in [2.24, 2.45) is 5.73 Å². The molecule has 3 amide bonds. The second kappa shape index (κ2) is 9.08. The predicted octanol–water partition coefficient (Wildman–Crippen LogP) is 4.44. The third-order valence-electron chi connectivity index (χ3n) is 5.99. The van der Waals surface area contributed by atoms with Crippen LogP contribution >= 0.6 is 23.2 Å². The number of halogens is 3. The van der Waals surface area contributed by atoms with Crippen molar-refractivity contribution in [3.05, 3.63) is 70.7 Å². The van der Waals surface area contributed by atoms with Crippen LogP contribution in [0.4, 0.5) is 20.7 Å². The van der Waals surface area contributed by atoms with Crippen LogP contribution in [0.2, 0.25) is 10.0 Å². The summed E-state index contributed by atoms with van der Waals surface area (Å²) < 4.78 is 14.6. The van der Waals surface area contributed by atoms with E-state index in [0.717, 1.165) is 0 Å². The summed E-state index contributed by atoms with van der Waals surface area (Å²) in [6, 6.07) is 7.71. The first-order valence-corrected chi connectivity index (χ1v) is 11.1. The first-order valence-electron chi connectivity index (χ1n) is 10.3. The van der Waals surface area contributed by atoms with Crippen LogP contribution in [-0.4, -0.2) is 51.3 Å². The lowest BCUT2D eigenvalue weighted by molar-refractivity contribution is -0.130. The quantitative estimate of drug-likeness (QED) is 0.405. The van der Waals surface area contributed by atoms with Crippen molar-refractivity contribution in [3.63, 3.8) is 0 Å². The molecule has 0 saturated carbocycles. The van der Waals surface area contributed by atoms with Crippen LogP contribution in [0.5, 0.6) is 0 Å². The fourth-order valence-corrected chi connectivity index (χ4v) is 4.47. The van der Waals surface area contributed by atoms with Gasteiger partial charge in [0.25, 0.3) is 0 Å². The van der Waals surface area contributed by atoms with Gasteiger partial charge in [0.1, 0.15) is 12.1 Å². The summed E-state index contributed by atoms with van der Waals surface area (Å²) >= 11 is 11.8. The number of carbonyl (C=O) groups is 2. The highest BCUT2D eigenvalue weighted by atomic mass is 35.5. The van der Waals surface area contributed by atoms with Gasteiger partial charge in [0, 0.05) is 25.0 Å². The summed E-state index contributed by atoms with van der Waals surface area (Å²) in [5, 5.41) is 3.40. The van der Waals surface area contributed by atoms with Gasteiger partial charge in [-0.25, -0.2) is 19.2 Å². The number of nitrogens with two attached hydrogens (primary N) is 1. The van der Waals surface area contributed by atoms with E-state index in [1.165, 1.54) is 29.4 Å². The van der Waals surface area contributed by atoms with Gasteiger partial charge < -0.3 is 20.9 Å². The number of nitrogens with one attached hydrogen (secondary N) is 1. The van der Waals surface area contributed by atoms with Gasteiger partial charge in [0.15, 0.2) is 5.82 Å². The number of hydrogen-bond acceptors (Lipinski definition) is 5. The van der Waals surface area contributed by atoms with Crippen LogP contribution < -0.4 is 11.1 Å². The van der Waals surface area contributed by atoms with Gasteiger partial charge in [-0.2, -0.15) is 0 Å². The maximum atomic E-state index is 14.6. The molecule has 34 heavy (non-hydrogen) atoms. The van der Waals surface area contributed by atoms with E-state index in [9.17, 15) is 14.0 Å². The number of nitrogens with zero attached hydrogens (tertiary/aromatic N) is 4. The number of fused-ring (bicyclic) bond motifs is 1. The number of primary amides is 1. The second-order valence-electron chi connectivity index (χ2n) is 8.03. The molecule has 0 bridgehead atoms. The molecule has 3 aromatic rings. The lowest BCUT2D eigenvalue weighted by Gasteiger charge is -2.48. The van der Waals surface area contributed by atoms with E-state index in [0.29, 0.717) is 28.8 Å². The Bertz CT molecular complexity index is 1320. The van der Waals surface area contributed by atoms with Crippen LogP contribution in [0.1, 0.15) is 12.5 Å². The van der Waals surface area contributed by atoms with Gasteiger partial charge in [-0.05, 0) is 42.8 Å². The van der Waals surface area contributed by atoms with Crippen LogP contribution in [0, 0.1) is 5.82 Å². The van der Waals surface area contributed by atoms with E-state index in [1.807, 2.05) is 13.0 Å². The Morgan fingerprint density at radius 1 is 1.24 bits per heavy atom. The molecule has 8 nitrogen and oxygen atoms in total. The molecule has 1 aliphatic heterocycles. The number of benzene rings is 2. The lowest BCUT2D eigenvalue weighted by Crippen LogP contribution is -2.62. The molecule has 4 rings (SSSR count). The number of hydrogen-bond donors (Lipinski definition) is 2. The summed E-state index contributed by atoms with van der Waals surface area (Å²) in [4.78, 5) is 36.3. The molecule has 1 fully saturated rings. The Hall–Kier alpha value is -3.43. The minimum atomic E-state index is -0.932. The van der Waals surface area contributed by atoms with Crippen molar-refractivity contribution in [2.75, 3.05) is 25.0 Å². The third-order valence-corrected chi connectivity index (χ3v) is 6.77. The summed E-state index contributed by atoms with van der Waals surface area (Å²) in [6.45, 7) is 6.19. The number of amides is 3. The first-order chi connectivity index (χ1) is 16.2. The highest BCUT2D eigenvalue weighted by molar-refractivity contribution is 6.42. The van der Waals surface area contributed by atoms with Crippen molar-refractivity contribution in [3.8, 4) is 0 Å². The van der Waals surface area contributed by atoms with Crippen molar-refractivity contribution in [1.29, 1.82) is 0 Å². The molecule has 0 unspecified atom stereocenters. The Kier molecular flexibility index (Phi) is 6.33. The zero-order chi connectivity index (χ0) is 24.6. The number of piperazine rings is 1. The number of carbonyl (C=O) groups excluding carboxylic acids is 2. The predicted molar refractivity (Wildman–Crippen MR) is 130 cm³/mol. The fourth-order valence-electron chi connectivity index (χ4n) is 4.16. The summed E-state index contributed by atoms with van der Waals surface area (Å²) in [7, 11) is 0. The minimum absolute atomic E-state index is 0.0881. The summed E-state index contributed by atoms with van der Waals surface area (Å²) in [5.74, 6) is -0.625. The number of rotatable bonds is 4. The van der Waals surface area contributed by atoms with Crippen molar-refractivity contribution < 1.29 is 14.0 Å². The molecule has 2 aromatic carbocycles.